The van der Waals surface area contributed by atoms with Crippen molar-refractivity contribution in [3.8, 4) is 0 Å². The van der Waals surface area contributed by atoms with Crippen molar-refractivity contribution < 1.29 is 0 Å². The molecule has 2 heteroatoms. The van der Waals surface area contributed by atoms with E-state index in [0.29, 0.717) is 0 Å². The molecule has 0 saturated heterocycles. The summed E-state index contributed by atoms with van der Waals surface area (Å²) in [6, 6.07) is 41.3. The maximum atomic E-state index is 3.53. The molecule has 4 aromatic rings. The minimum absolute atomic E-state index is 1.10. The number of rotatable bonds is 5. The summed E-state index contributed by atoms with van der Waals surface area (Å²) in [4.78, 5) is 0. The van der Waals surface area contributed by atoms with Crippen LogP contribution in [0.3, 0.4) is 0 Å². The topological polar surface area (TPSA) is 0 Å². The summed E-state index contributed by atoms with van der Waals surface area (Å²) in [5, 5.41) is 4.17. The van der Waals surface area contributed by atoms with E-state index < -0.39 is 8.07 Å². The van der Waals surface area contributed by atoms with E-state index in [4.69, 9.17) is 0 Å². The molecule has 0 nitrogen and oxygen atoms in total. The van der Waals surface area contributed by atoms with Crippen LogP contribution in [0.2, 0.25) is 0 Å². The molecule has 0 atom stereocenters. The fraction of sp³-hybridized carbons (Fsp3) is 0. The van der Waals surface area contributed by atoms with E-state index in [1.54, 1.807) is 0 Å². The Bertz CT molecular complexity index is 943. The van der Waals surface area contributed by atoms with E-state index in [0.717, 1.165) is 4.47 Å². The van der Waals surface area contributed by atoms with Crippen molar-refractivity contribution in [2.45, 2.75) is 0 Å². The van der Waals surface area contributed by atoms with Crippen LogP contribution in [0.4, 0.5) is 0 Å². The monoisotopic (exact) mass is 440 g/mol. The molecule has 0 heterocycles. The van der Waals surface area contributed by atoms with Gasteiger partial charge in [0.2, 0.25) is 0 Å². The third-order valence-electron chi connectivity index (χ3n) is 5.08. The van der Waals surface area contributed by atoms with Gasteiger partial charge in [0.25, 0.3) is 0 Å². The molecule has 4 aromatic carbocycles. The van der Waals surface area contributed by atoms with Gasteiger partial charge in [-0.3, -0.25) is 0 Å². The summed E-state index contributed by atoms with van der Waals surface area (Å²) < 4.78 is 1.10. The van der Waals surface area contributed by atoms with Crippen molar-refractivity contribution in [1.29, 1.82) is 0 Å². The average molecular weight is 441 g/mol. The largest absolute Gasteiger partial charge is 0.172 e. The molecular formula is C26H21BrSi. The molecule has 0 aromatic heterocycles. The van der Waals surface area contributed by atoms with Gasteiger partial charge in [-0.1, -0.05) is 131 Å². The first kappa shape index (κ1) is 18.7. The van der Waals surface area contributed by atoms with Gasteiger partial charge in [-0.05, 0) is 33.3 Å². The van der Waals surface area contributed by atoms with Crippen LogP contribution < -0.4 is 15.6 Å². The molecule has 0 aliphatic rings. The van der Waals surface area contributed by atoms with Gasteiger partial charge in [0.15, 0.2) is 8.07 Å². The smallest absolute Gasteiger partial charge is 0.0812 e. The molecular weight excluding hydrogens is 420 g/mol. The molecule has 136 valence electrons. The van der Waals surface area contributed by atoms with Crippen molar-refractivity contribution in [2.24, 2.45) is 0 Å². The molecule has 0 N–H and O–H groups in total. The fourth-order valence-corrected chi connectivity index (χ4v) is 8.13. The maximum Gasteiger partial charge on any atom is 0.172 e. The zero-order valence-corrected chi connectivity index (χ0v) is 18.1. The Morgan fingerprint density at radius 1 is 0.500 bits per heavy atom. The highest BCUT2D eigenvalue weighted by Gasteiger charge is 2.36. The third kappa shape index (κ3) is 3.80. The SMILES string of the molecule is Brc1ccc(/C=C/[Si](c2ccccc2)(c2ccccc2)c2ccccc2)cc1. The molecule has 0 aliphatic heterocycles. The van der Waals surface area contributed by atoms with Crippen molar-refractivity contribution in [3.05, 3.63) is 131 Å². The maximum absolute atomic E-state index is 3.53. The van der Waals surface area contributed by atoms with Crippen LogP contribution in [-0.2, 0) is 0 Å². The highest BCUT2D eigenvalue weighted by Crippen LogP contribution is 2.15. The van der Waals surface area contributed by atoms with Crippen molar-refractivity contribution >= 4 is 45.6 Å². The van der Waals surface area contributed by atoms with E-state index in [1.165, 1.54) is 21.1 Å². The van der Waals surface area contributed by atoms with E-state index in [2.05, 4.69) is 143 Å². The van der Waals surface area contributed by atoms with Crippen molar-refractivity contribution in [1.82, 2.24) is 0 Å². The lowest BCUT2D eigenvalue weighted by molar-refractivity contribution is 1.61. The van der Waals surface area contributed by atoms with Gasteiger partial charge in [-0.25, -0.2) is 0 Å². The van der Waals surface area contributed by atoms with Crippen LogP contribution in [0, 0.1) is 0 Å². The van der Waals surface area contributed by atoms with Crippen LogP contribution in [-0.4, -0.2) is 8.07 Å². The summed E-state index contributed by atoms with van der Waals surface area (Å²) in [6.07, 6.45) is 2.28. The highest BCUT2D eigenvalue weighted by atomic mass is 79.9. The second kappa shape index (κ2) is 8.55. The first-order valence-corrected chi connectivity index (χ1v) is 12.3. The van der Waals surface area contributed by atoms with Crippen LogP contribution in [0.25, 0.3) is 6.08 Å². The quantitative estimate of drug-likeness (QED) is 0.296. The molecule has 0 saturated carbocycles. The van der Waals surface area contributed by atoms with Crippen LogP contribution >= 0.6 is 15.9 Å². The number of benzene rings is 4. The summed E-state index contributed by atoms with van der Waals surface area (Å²) >= 11 is 3.53. The van der Waals surface area contributed by atoms with Gasteiger partial charge in [-0.15, -0.1) is 0 Å². The minimum atomic E-state index is -2.31. The zero-order valence-electron chi connectivity index (χ0n) is 15.5. The van der Waals surface area contributed by atoms with Gasteiger partial charge >= 0.3 is 0 Å². The Kier molecular flexibility index (Phi) is 5.70. The highest BCUT2D eigenvalue weighted by molar-refractivity contribution is 9.10. The third-order valence-corrected chi connectivity index (χ3v) is 10.0. The van der Waals surface area contributed by atoms with Crippen LogP contribution in [0.15, 0.2) is 125 Å². The predicted molar refractivity (Wildman–Crippen MR) is 127 cm³/mol. The molecule has 0 spiro atoms. The van der Waals surface area contributed by atoms with Gasteiger partial charge in [0.1, 0.15) is 0 Å². The molecule has 0 unspecified atom stereocenters. The second-order valence-electron chi connectivity index (χ2n) is 6.79. The molecule has 0 fully saturated rings. The molecule has 28 heavy (non-hydrogen) atoms. The van der Waals surface area contributed by atoms with Crippen LogP contribution in [0.1, 0.15) is 5.56 Å². The van der Waals surface area contributed by atoms with E-state index >= 15 is 0 Å². The molecule has 0 radical (unpaired) electrons. The number of hydrogen-bond donors (Lipinski definition) is 0. The Balaban J connectivity index is 1.97. The summed E-state index contributed by atoms with van der Waals surface area (Å²) in [7, 11) is -2.31. The Morgan fingerprint density at radius 3 is 1.29 bits per heavy atom. The van der Waals surface area contributed by atoms with Gasteiger partial charge in [-0.2, -0.15) is 0 Å². The van der Waals surface area contributed by atoms with Crippen LogP contribution in [0.5, 0.6) is 0 Å². The lowest BCUT2D eigenvalue weighted by atomic mass is 10.2. The van der Waals surface area contributed by atoms with Crippen molar-refractivity contribution in [2.75, 3.05) is 0 Å². The number of hydrogen-bond acceptors (Lipinski definition) is 0. The standard InChI is InChI=1S/C26H21BrSi/c27-23-18-16-22(17-19-23)20-21-28(24-10-4-1-5-11-24,25-12-6-2-7-13-25)26-14-8-3-9-15-26/h1-21H/b21-20+. The predicted octanol–water partition coefficient (Wildman–Crippen LogP) is 5.17. The summed E-state index contributed by atoms with van der Waals surface area (Å²) in [5.74, 6) is 0. The summed E-state index contributed by atoms with van der Waals surface area (Å²) in [5.41, 5.74) is 3.68. The van der Waals surface area contributed by atoms with Crippen molar-refractivity contribution in [3.63, 3.8) is 0 Å². The molecule has 0 bridgehead atoms. The first-order valence-electron chi connectivity index (χ1n) is 9.40. The summed E-state index contributed by atoms with van der Waals surface area (Å²) in [6.45, 7) is 0. The number of halogens is 1. The van der Waals surface area contributed by atoms with E-state index in [-0.39, 0.29) is 0 Å². The Morgan fingerprint density at radius 2 is 0.893 bits per heavy atom. The van der Waals surface area contributed by atoms with Gasteiger partial charge in [0.05, 0.1) is 0 Å². The Labute approximate surface area is 176 Å². The van der Waals surface area contributed by atoms with E-state index in [1.807, 2.05) is 0 Å². The lowest BCUT2D eigenvalue weighted by Gasteiger charge is -2.30. The first-order chi connectivity index (χ1) is 13.8. The molecule has 4 rings (SSSR count). The normalized spacial score (nSPS) is 11.6. The second-order valence-corrected chi connectivity index (χ2v) is 11.4. The molecule has 0 amide bonds. The average Bonchev–Trinajstić information content (AvgIpc) is 2.78. The minimum Gasteiger partial charge on any atom is -0.0812 e. The van der Waals surface area contributed by atoms with Gasteiger partial charge in [0, 0.05) is 4.47 Å². The molecule has 0 aliphatic carbocycles. The fourth-order valence-electron chi connectivity index (χ4n) is 3.69. The Hall–Kier alpha value is -2.68. The zero-order chi connectivity index (χ0) is 19.2. The van der Waals surface area contributed by atoms with Gasteiger partial charge < -0.3 is 0 Å². The lowest BCUT2D eigenvalue weighted by Crippen LogP contribution is -2.66. The van der Waals surface area contributed by atoms with E-state index in [9.17, 15) is 0 Å².